The highest BCUT2D eigenvalue weighted by Crippen LogP contribution is 2.46. The normalized spacial score (nSPS) is 17.0. The summed E-state index contributed by atoms with van der Waals surface area (Å²) < 4.78 is 99.1. The molecule has 0 aliphatic heterocycles. The summed E-state index contributed by atoms with van der Waals surface area (Å²) in [6.45, 7) is 0.740. The monoisotopic (exact) mass is 330 g/mol. The lowest BCUT2D eigenvalue weighted by Gasteiger charge is -2.30. The molecule has 0 saturated heterocycles. The summed E-state index contributed by atoms with van der Waals surface area (Å²) >= 11 is 0. The van der Waals surface area contributed by atoms with Crippen molar-refractivity contribution >= 4 is 5.97 Å². The van der Waals surface area contributed by atoms with Crippen LogP contribution in [0.2, 0.25) is 0 Å². The molecule has 0 heterocycles. The fraction of sp³-hybridized carbons (Fsp3) is 0.700. The minimum Gasteiger partial charge on any atom is -0.478 e. The first-order valence-electron chi connectivity index (χ1n) is 5.29. The molecule has 11 heteroatoms. The largest absolute Gasteiger partial charge is 0.478 e. The third kappa shape index (κ3) is 4.29. The van der Waals surface area contributed by atoms with Gasteiger partial charge in [0.05, 0.1) is 0 Å². The zero-order chi connectivity index (χ0) is 17.2. The molecular formula is C10H10F8O3. The lowest BCUT2D eigenvalue weighted by molar-refractivity contribution is -0.386. The third-order valence-corrected chi connectivity index (χ3v) is 2.68. The number of halogens is 8. The van der Waals surface area contributed by atoms with E-state index < -0.39 is 54.3 Å². The van der Waals surface area contributed by atoms with Crippen molar-refractivity contribution in [3.63, 3.8) is 0 Å². The molecule has 0 spiro atoms. The summed E-state index contributed by atoms with van der Waals surface area (Å²) in [5.41, 5.74) is -1.57. The van der Waals surface area contributed by atoms with Crippen molar-refractivity contribution in [3.8, 4) is 0 Å². The highest BCUT2D eigenvalue weighted by atomic mass is 19.4. The van der Waals surface area contributed by atoms with Crippen molar-refractivity contribution in [1.29, 1.82) is 0 Å². The number of rotatable bonds is 6. The molecule has 0 aromatic carbocycles. The van der Waals surface area contributed by atoms with Gasteiger partial charge in [-0.3, -0.25) is 0 Å². The van der Waals surface area contributed by atoms with Gasteiger partial charge in [-0.05, 0) is 12.3 Å². The topological polar surface area (TPSA) is 57.5 Å². The standard InChI is InChI=1S/C10H10F8O3/c1-4(5(6(11)12)7(19)20)2-3-8(13,14)9(15,21)10(16,17)18/h4,21H,2-3H2,1H3,(H,19,20). The molecule has 0 saturated carbocycles. The Morgan fingerprint density at radius 1 is 1.10 bits per heavy atom. The van der Waals surface area contributed by atoms with Crippen molar-refractivity contribution in [3.05, 3.63) is 11.7 Å². The maximum absolute atomic E-state index is 13.0. The molecule has 0 bridgehead atoms. The van der Waals surface area contributed by atoms with Crippen LogP contribution in [0.5, 0.6) is 0 Å². The van der Waals surface area contributed by atoms with Crippen LogP contribution in [-0.2, 0) is 4.79 Å². The van der Waals surface area contributed by atoms with Crippen LogP contribution in [0.3, 0.4) is 0 Å². The van der Waals surface area contributed by atoms with Crippen molar-refractivity contribution in [1.82, 2.24) is 0 Å². The molecule has 0 aromatic heterocycles. The van der Waals surface area contributed by atoms with E-state index in [1.807, 2.05) is 0 Å². The Morgan fingerprint density at radius 2 is 1.52 bits per heavy atom. The second-order valence-electron chi connectivity index (χ2n) is 4.24. The van der Waals surface area contributed by atoms with Crippen LogP contribution >= 0.6 is 0 Å². The minimum absolute atomic E-state index is 0.740. The van der Waals surface area contributed by atoms with Gasteiger partial charge >= 0.3 is 23.9 Å². The van der Waals surface area contributed by atoms with Gasteiger partial charge in [0.15, 0.2) is 0 Å². The van der Waals surface area contributed by atoms with Crippen LogP contribution in [0.15, 0.2) is 11.7 Å². The molecule has 2 atom stereocenters. The Balaban J connectivity index is 5.10. The zero-order valence-electron chi connectivity index (χ0n) is 10.3. The second kappa shape index (κ2) is 6.16. The summed E-state index contributed by atoms with van der Waals surface area (Å²) in [5, 5.41) is 16.6. The van der Waals surface area contributed by atoms with E-state index in [4.69, 9.17) is 10.2 Å². The number of carbonyl (C=O) groups is 1. The van der Waals surface area contributed by atoms with Gasteiger partial charge in [0.1, 0.15) is 5.57 Å². The van der Waals surface area contributed by atoms with E-state index in [0.717, 1.165) is 6.92 Å². The average molecular weight is 330 g/mol. The van der Waals surface area contributed by atoms with Crippen molar-refractivity contribution in [2.45, 2.75) is 37.7 Å². The van der Waals surface area contributed by atoms with Crippen LogP contribution in [0, 0.1) is 5.92 Å². The lowest BCUT2D eigenvalue weighted by Crippen LogP contribution is -2.55. The van der Waals surface area contributed by atoms with Crippen LogP contribution in [0.25, 0.3) is 0 Å². The zero-order valence-corrected chi connectivity index (χ0v) is 10.3. The highest BCUT2D eigenvalue weighted by Gasteiger charge is 2.70. The summed E-state index contributed by atoms with van der Waals surface area (Å²) in [7, 11) is 0. The van der Waals surface area contributed by atoms with Crippen LogP contribution in [0.4, 0.5) is 35.1 Å². The van der Waals surface area contributed by atoms with Gasteiger partial charge < -0.3 is 10.2 Å². The Labute approximate surface area is 112 Å². The Hall–Kier alpha value is -1.39. The van der Waals surface area contributed by atoms with E-state index in [9.17, 15) is 39.9 Å². The quantitative estimate of drug-likeness (QED) is 0.579. The Bertz CT molecular complexity index is 423. The van der Waals surface area contributed by atoms with Gasteiger partial charge in [-0.25, -0.2) is 4.79 Å². The summed E-state index contributed by atoms with van der Waals surface area (Å²) in [6.07, 6.45) is -12.2. The highest BCUT2D eigenvalue weighted by molar-refractivity contribution is 5.87. The van der Waals surface area contributed by atoms with Gasteiger partial charge in [0.2, 0.25) is 0 Å². The van der Waals surface area contributed by atoms with E-state index in [1.165, 1.54) is 0 Å². The van der Waals surface area contributed by atoms with Crippen molar-refractivity contribution in [2.75, 3.05) is 0 Å². The maximum Gasteiger partial charge on any atom is 0.454 e. The maximum atomic E-state index is 13.0. The van der Waals surface area contributed by atoms with Gasteiger partial charge in [-0.15, -0.1) is 0 Å². The predicted octanol–water partition coefficient (Wildman–Crippen LogP) is 3.49. The van der Waals surface area contributed by atoms with E-state index >= 15 is 0 Å². The fourth-order valence-electron chi connectivity index (χ4n) is 1.39. The Kier molecular flexibility index (Phi) is 5.75. The van der Waals surface area contributed by atoms with Crippen LogP contribution in [-0.4, -0.2) is 34.1 Å². The van der Waals surface area contributed by atoms with Gasteiger partial charge in [0.25, 0.3) is 6.08 Å². The van der Waals surface area contributed by atoms with Crippen molar-refractivity contribution < 1.29 is 50.1 Å². The van der Waals surface area contributed by atoms with E-state index in [1.54, 1.807) is 0 Å². The smallest absolute Gasteiger partial charge is 0.454 e. The molecule has 0 rings (SSSR count). The van der Waals surface area contributed by atoms with E-state index in [0.29, 0.717) is 0 Å². The third-order valence-electron chi connectivity index (χ3n) is 2.68. The molecule has 0 radical (unpaired) electrons. The van der Waals surface area contributed by atoms with Gasteiger partial charge in [-0.1, -0.05) is 6.92 Å². The van der Waals surface area contributed by atoms with Gasteiger partial charge in [-0.2, -0.15) is 35.1 Å². The molecule has 0 amide bonds. The predicted molar refractivity (Wildman–Crippen MR) is 52.3 cm³/mol. The summed E-state index contributed by atoms with van der Waals surface area (Å²) in [6, 6.07) is 0. The first-order valence-corrected chi connectivity index (χ1v) is 5.29. The molecule has 0 aliphatic carbocycles. The number of carboxylic acid groups (broad SMARTS) is 1. The molecule has 0 aromatic rings. The van der Waals surface area contributed by atoms with E-state index in [-0.39, 0.29) is 0 Å². The number of alkyl halides is 6. The number of aliphatic carboxylic acids is 1. The molecule has 2 unspecified atom stereocenters. The molecule has 21 heavy (non-hydrogen) atoms. The molecule has 0 aliphatic rings. The van der Waals surface area contributed by atoms with Crippen molar-refractivity contribution in [2.24, 2.45) is 5.92 Å². The minimum atomic E-state index is -6.30. The van der Waals surface area contributed by atoms with Gasteiger partial charge in [0, 0.05) is 6.42 Å². The molecule has 3 nitrogen and oxygen atoms in total. The van der Waals surface area contributed by atoms with E-state index in [2.05, 4.69) is 0 Å². The SMILES string of the molecule is CC(CCC(F)(F)C(O)(F)C(F)(F)F)C(C(=O)O)=C(F)F. The molecular weight excluding hydrogens is 320 g/mol. The number of hydrogen-bond donors (Lipinski definition) is 2. The fourth-order valence-corrected chi connectivity index (χ4v) is 1.39. The summed E-state index contributed by atoms with van der Waals surface area (Å²) in [4.78, 5) is 10.4. The number of carboxylic acids is 1. The molecule has 0 fully saturated rings. The Morgan fingerprint density at radius 3 is 1.81 bits per heavy atom. The lowest BCUT2D eigenvalue weighted by atomic mass is 9.93. The number of aliphatic hydroxyl groups is 1. The average Bonchev–Trinajstić information content (AvgIpc) is 2.23. The first kappa shape index (κ1) is 19.6. The van der Waals surface area contributed by atoms with Crippen LogP contribution < -0.4 is 0 Å². The molecule has 2 N–H and O–H groups in total. The summed E-state index contributed by atoms with van der Waals surface area (Å²) in [5.74, 6) is -15.1. The first-order chi connectivity index (χ1) is 9.15. The number of hydrogen-bond acceptors (Lipinski definition) is 2. The second-order valence-corrected chi connectivity index (χ2v) is 4.24. The van der Waals surface area contributed by atoms with Crippen LogP contribution in [0.1, 0.15) is 19.8 Å². The molecule has 124 valence electrons.